The fourth-order valence-electron chi connectivity index (χ4n) is 12.9. The number of hydrogen-bond acceptors (Lipinski definition) is 4. The Hall–Kier alpha value is -1.19. The normalized spacial score (nSPS) is 45.9. The molecule has 0 heterocycles. The summed E-state index contributed by atoms with van der Waals surface area (Å²) in [4.78, 5) is 38.6. The monoisotopic (exact) mass is 582 g/mol. The Morgan fingerprint density at radius 3 is 2.05 bits per heavy atom. The molecular formula is C38H62O4. The topological polar surface area (TPSA) is 60.4 Å². The number of carbonyl (C=O) groups is 3. The van der Waals surface area contributed by atoms with Crippen molar-refractivity contribution in [2.75, 3.05) is 0 Å². The van der Waals surface area contributed by atoms with Crippen LogP contribution < -0.4 is 0 Å². The second-order valence-corrected chi connectivity index (χ2v) is 17.9. The third-order valence-electron chi connectivity index (χ3n) is 15.3. The Morgan fingerprint density at radius 1 is 0.738 bits per heavy atom. The minimum absolute atomic E-state index is 0.00311. The van der Waals surface area contributed by atoms with Gasteiger partial charge in [-0.2, -0.15) is 0 Å². The minimum atomic E-state index is -0.209. The van der Waals surface area contributed by atoms with Crippen molar-refractivity contribution < 1.29 is 19.1 Å². The van der Waals surface area contributed by atoms with Gasteiger partial charge in [0, 0.05) is 23.7 Å². The molecule has 5 unspecified atom stereocenters. The molecule has 0 spiro atoms. The summed E-state index contributed by atoms with van der Waals surface area (Å²) in [6.07, 6.45) is 12.3. The maximum absolute atomic E-state index is 14.1. The van der Waals surface area contributed by atoms with Crippen molar-refractivity contribution in [1.82, 2.24) is 0 Å². The Balaban J connectivity index is 1.47. The number of fused-ring (bicyclic) bond motifs is 7. The van der Waals surface area contributed by atoms with Crippen LogP contribution in [-0.4, -0.2) is 23.6 Å². The predicted molar refractivity (Wildman–Crippen MR) is 169 cm³/mol. The highest BCUT2D eigenvalue weighted by Crippen LogP contribution is 2.77. The smallest absolute Gasteiger partial charge is 0.308 e. The fraction of sp³-hybridized carbons (Fsp3) is 0.921. The minimum Gasteiger partial charge on any atom is -0.462 e. The van der Waals surface area contributed by atoms with Crippen molar-refractivity contribution >= 4 is 17.5 Å². The predicted octanol–water partition coefficient (Wildman–Crippen LogP) is 9.23. The van der Waals surface area contributed by atoms with Crippen LogP contribution in [0.4, 0.5) is 0 Å². The molecule has 0 aliphatic heterocycles. The average molecular weight is 583 g/mol. The van der Waals surface area contributed by atoms with Gasteiger partial charge in [0.25, 0.3) is 0 Å². The molecule has 42 heavy (non-hydrogen) atoms. The van der Waals surface area contributed by atoms with Gasteiger partial charge in [-0.15, -0.1) is 0 Å². The standard InChI is InChI=1S/C38H62O4/c1-23(2)26-15-20-38(30(40)14-11-25(5)39)22-21-36(9)27(32(26)38)12-13-29-35(8)18-17-31(42-33(41)24(3)4)34(6,7)28(35)16-19-37(29,36)10/h23-24,26-29,31-32H,11-22H2,1-10H3/t26?,27?,28?,29?,31-,32?,35+,36-,37-,38-/m1/s1. The van der Waals surface area contributed by atoms with Crippen molar-refractivity contribution in [1.29, 1.82) is 0 Å². The van der Waals surface area contributed by atoms with Gasteiger partial charge < -0.3 is 9.53 Å². The Labute approximate surface area is 257 Å². The van der Waals surface area contributed by atoms with Crippen molar-refractivity contribution in [3.63, 3.8) is 0 Å². The molecule has 0 radical (unpaired) electrons. The molecule has 0 aromatic rings. The molecule has 5 aliphatic carbocycles. The molecule has 4 heteroatoms. The highest BCUT2D eigenvalue weighted by molar-refractivity contribution is 5.89. The van der Waals surface area contributed by atoms with Crippen LogP contribution in [0.15, 0.2) is 0 Å². The first-order valence-electron chi connectivity index (χ1n) is 17.7. The first kappa shape index (κ1) is 32.2. The number of ketones is 2. The third-order valence-corrected chi connectivity index (χ3v) is 15.3. The highest BCUT2D eigenvalue weighted by Gasteiger charge is 2.72. The summed E-state index contributed by atoms with van der Waals surface area (Å²) >= 11 is 0. The number of ether oxygens (including phenoxy) is 1. The lowest BCUT2D eigenvalue weighted by molar-refractivity contribution is -0.250. The van der Waals surface area contributed by atoms with Crippen LogP contribution in [-0.2, 0) is 19.1 Å². The van der Waals surface area contributed by atoms with Crippen molar-refractivity contribution in [2.24, 2.45) is 68.5 Å². The number of carbonyl (C=O) groups excluding carboxylic acids is 3. The van der Waals surface area contributed by atoms with E-state index in [0.29, 0.717) is 54.1 Å². The molecule has 5 saturated carbocycles. The van der Waals surface area contributed by atoms with Gasteiger partial charge in [0.1, 0.15) is 17.7 Å². The molecule has 10 atom stereocenters. The molecule has 0 amide bonds. The van der Waals surface area contributed by atoms with E-state index in [-0.39, 0.29) is 50.8 Å². The molecule has 5 fully saturated rings. The summed E-state index contributed by atoms with van der Waals surface area (Å²) < 4.78 is 6.19. The second kappa shape index (κ2) is 10.7. The highest BCUT2D eigenvalue weighted by atomic mass is 16.5. The van der Waals surface area contributed by atoms with E-state index in [4.69, 9.17) is 4.74 Å². The molecule has 0 N–H and O–H groups in total. The molecular weight excluding hydrogens is 520 g/mol. The second-order valence-electron chi connectivity index (χ2n) is 17.9. The van der Waals surface area contributed by atoms with Crippen molar-refractivity contribution in [2.45, 2.75) is 152 Å². The lowest BCUT2D eigenvalue weighted by Gasteiger charge is -2.73. The summed E-state index contributed by atoms with van der Waals surface area (Å²) in [6, 6.07) is 0. The summed E-state index contributed by atoms with van der Waals surface area (Å²) in [5.74, 6) is 3.86. The molecule has 0 bridgehead atoms. The van der Waals surface area contributed by atoms with Gasteiger partial charge >= 0.3 is 5.97 Å². The van der Waals surface area contributed by atoms with E-state index < -0.39 is 0 Å². The lowest BCUT2D eigenvalue weighted by Crippen LogP contribution is -2.67. The summed E-state index contributed by atoms with van der Waals surface area (Å²) in [5, 5.41) is 0. The number of hydrogen-bond donors (Lipinski definition) is 0. The maximum Gasteiger partial charge on any atom is 0.308 e. The first-order chi connectivity index (χ1) is 19.5. The largest absolute Gasteiger partial charge is 0.462 e. The molecule has 5 aliphatic rings. The molecule has 0 saturated heterocycles. The number of Topliss-reactive ketones (excluding diaryl/α,β-unsaturated/α-hetero) is 2. The van der Waals surface area contributed by atoms with E-state index >= 15 is 0 Å². The molecule has 5 rings (SSSR count). The van der Waals surface area contributed by atoms with Crippen LogP contribution in [0, 0.1) is 68.5 Å². The van der Waals surface area contributed by atoms with E-state index in [9.17, 15) is 14.4 Å². The van der Waals surface area contributed by atoms with E-state index in [1.807, 2.05) is 13.8 Å². The lowest BCUT2D eigenvalue weighted by atomic mass is 9.32. The first-order valence-corrected chi connectivity index (χ1v) is 17.7. The molecule has 4 nitrogen and oxygen atoms in total. The van der Waals surface area contributed by atoms with E-state index in [0.717, 1.165) is 32.1 Å². The fourth-order valence-corrected chi connectivity index (χ4v) is 12.9. The van der Waals surface area contributed by atoms with Gasteiger partial charge in [-0.25, -0.2) is 0 Å². The van der Waals surface area contributed by atoms with Crippen molar-refractivity contribution in [3.05, 3.63) is 0 Å². The Morgan fingerprint density at radius 2 is 1.43 bits per heavy atom. The zero-order chi connectivity index (χ0) is 31.0. The van der Waals surface area contributed by atoms with Crippen LogP contribution in [0.5, 0.6) is 0 Å². The zero-order valence-corrected chi connectivity index (χ0v) is 28.7. The van der Waals surface area contributed by atoms with Gasteiger partial charge in [0.05, 0.1) is 5.92 Å². The quantitative estimate of drug-likeness (QED) is 0.281. The SMILES string of the molecule is CC(=O)CCC(=O)[C@]12CCC(C(C)C)C1C1CCC3[C@@]4(C)CC[C@@H](OC(=O)C(C)C)C(C)(C)C4CC[C@@]3(C)[C@]1(C)CC2. The summed E-state index contributed by atoms with van der Waals surface area (Å²) in [6.45, 7) is 23.0. The molecule has 0 aromatic carbocycles. The van der Waals surface area contributed by atoms with E-state index in [1.165, 1.54) is 32.1 Å². The van der Waals surface area contributed by atoms with E-state index in [1.54, 1.807) is 6.92 Å². The summed E-state index contributed by atoms with van der Waals surface area (Å²) in [7, 11) is 0. The van der Waals surface area contributed by atoms with Crippen molar-refractivity contribution in [3.8, 4) is 0 Å². The molecule has 238 valence electrons. The van der Waals surface area contributed by atoms with Gasteiger partial charge in [0.2, 0.25) is 0 Å². The molecule has 0 aromatic heterocycles. The van der Waals surface area contributed by atoms with Crippen LogP contribution in [0.25, 0.3) is 0 Å². The Kier molecular flexibility index (Phi) is 8.22. The number of esters is 1. The third kappa shape index (κ3) is 4.52. The Bertz CT molecular complexity index is 1090. The van der Waals surface area contributed by atoms with Crippen LogP contribution >= 0.6 is 0 Å². The number of rotatable bonds is 7. The van der Waals surface area contributed by atoms with E-state index in [2.05, 4.69) is 48.5 Å². The van der Waals surface area contributed by atoms with Gasteiger partial charge in [-0.1, -0.05) is 62.3 Å². The summed E-state index contributed by atoms with van der Waals surface area (Å²) in [5.41, 5.74) is 0.470. The zero-order valence-electron chi connectivity index (χ0n) is 28.7. The van der Waals surface area contributed by atoms with Gasteiger partial charge in [-0.05, 0) is 123 Å². The van der Waals surface area contributed by atoms with Crippen LogP contribution in [0.3, 0.4) is 0 Å². The van der Waals surface area contributed by atoms with Crippen LogP contribution in [0.1, 0.15) is 146 Å². The average Bonchev–Trinajstić information content (AvgIpc) is 3.30. The van der Waals surface area contributed by atoms with Gasteiger partial charge in [0.15, 0.2) is 0 Å². The maximum atomic E-state index is 14.1. The van der Waals surface area contributed by atoms with Gasteiger partial charge in [-0.3, -0.25) is 9.59 Å². The van der Waals surface area contributed by atoms with Crippen LogP contribution in [0.2, 0.25) is 0 Å².